The van der Waals surface area contributed by atoms with Crippen LogP contribution in [0.3, 0.4) is 0 Å². The van der Waals surface area contributed by atoms with Crippen molar-refractivity contribution in [1.29, 1.82) is 0 Å². The molecule has 0 aliphatic heterocycles. The molecule has 7 nitrogen and oxygen atoms in total. The Morgan fingerprint density at radius 1 is 1.25 bits per heavy atom. The summed E-state index contributed by atoms with van der Waals surface area (Å²) in [5, 5.41) is 28.8. The van der Waals surface area contributed by atoms with E-state index in [1.165, 1.54) is 25.3 Å². The first-order chi connectivity index (χ1) is 9.40. The van der Waals surface area contributed by atoms with E-state index in [0.717, 1.165) is 7.11 Å². The van der Waals surface area contributed by atoms with Crippen LogP contribution in [0.4, 0.5) is 0 Å². The molecule has 0 heterocycles. The highest BCUT2D eigenvalue weighted by atomic mass is 16.5. The van der Waals surface area contributed by atoms with Crippen molar-refractivity contribution in [3.63, 3.8) is 0 Å². The molecule has 20 heavy (non-hydrogen) atoms. The van der Waals surface area contributed by atoms with Gasteiger partial charge in [0, 0.05) is 0 Å². The average molecular weight is 284 g/mol. The van der Waals surface area contributed by atoms with Gasteiger partial charge in [0.2, 0.25) is 0 Å². The van der Waals surface area contributed by atoms with Crippen molar-refractivity contribution in [3.05, 3.63) is 29.3 Å². The van der Waals surface area contributed by atoms with Crippen molar-refractivity contribution in [2.45, 2.75) is 18.6 Å². The number of carbonyl (C=O) groups excluding carboxylic acids is 1. The lowest BCUT2D eigenvalue weighted by Crippen LogP contribution is -2.24. The SMILES string of the molecule is COC(=O)CC(O)C(O)c1ccc(OC)cc1C(=O)O. The van der Waals surface area contributed by atoms with Gasteiger partial charge in [-0.3, -0.25) is 4.79 Å². The predicted octanol–water partition coefficient (Wildman–Crippen LogP) is 0.351. The van der Waals surface area contributed by atoms with Gasteiger partial charge in [-0.05, 0) is 17.7 Å². The van der Waals surface area contributed by atoms with E-state index in [9.17, 15) is 19.8 Å². The molecule has 2 atom stereocenters. The Balaban J connectivity index is 3.05. The smallest absolute Gasteiger partial charge is 0.336 e. The average Bonchev–Trinajstić information content (AvgIpc) is 2.45. The molecule has 0 radical (unpaired) electrons. The zero-order valence-corrected chi connectivity index (χ0v) is 11.1. The van der Waals surface area contributed by atoms with Gasteiger partial charge in [0.15, 0.2) is 0 Å². The van der Waals surface area contributed by atoms with E-state index in [4.69, 9.17) is 9.84 Å². The summed E-state index contributed by atoms with van der Waals surface area (Å²) in [6.07, 6.45) is -3.43. The quantitative estimate of drug-likeness (QED) is 0.646. The number of carbonyl (C=O) groups is 2. The first-order valence-corrected chi connectivity index (χ1v) is 5.74. The van der Waals surface area contributed by atoms with E-state index in [1.807, 2.05) is 0 Å². The molecule has 2 unspecified atom stereocenters. The number of esters is 1. The molecule has 0 aliphatic carbocycles. The van der Waals surface area contributed by atoms with Gasteiger partial charge in [-0.15, -0.1) is 0 Å². The molecule has 0 saturated heterocycles. The van der Waals surface area contributed by atoms with Gasteiger partial charge in [-0.2, -0.15) is 0 Å². The number of rotatable bonds is 6. The van der Waals surface area contributed by atoms with E-state index in [0.29, 0.717) is 5.75 Å². The van der Waals surface area contributed by atoms with E-state index in [-0.39, 0.29) is 11.1 Å². The maximum atomic E-state index is 11.2. The monoisotopic (exact) mass is 284 g/mol. The lowest BCUT2D eigenvalue weighted by atomic mass is 9.97. The normalized spacial score (nSPS) is 13.4. The summed E-state index contributed by atoms with van der Waals surface area (Å²) in [4.78, 5) is 22.2. The van der Waals surface area contributed by atoms with Crippen LogP contribution in [-0.4, -0.2) is 47.6 Å². The van der Waals surface area contributed by atoms with Crippen molar-refractivity contribution in [3.8, 4) is 5.75 Å². The number of aromatic carboxylic acids is 1. The number of benzene rings is 1. The molecule has 1 rings (SSSR count). The van der Waals surface area contributed by atoms with Gasteiger partial charge in [0.1, 0.15) is 11.9 Å². The second-order valence-electron chi connectivity index (χ2n) is 4.05. The summed E-state index contributed by atoms with van der Waals surface area (Å²) in [6.45, 7) is 0. The number of ether oxygens (including phenoxy) is 2. The highest BCUT2D eigenvalue weighted by Gasteiger charge is 2.26. The topological polar surface area (TPSA) is 113 Å². The maximum Gasteiger partial charge on any atom is 0.336 e. The summed E-state index contributed by atoms with van der Waals surface area (Å²) in [6, 6.07) is 4.01. The number of carboxylic acids is 1. The van der Waals surface area contributed by atoms with Gasteiger partial charge >= 0.3 is 11.9 Å². The van der Waals surface area contributed by atoms with E-state index < -0.39 is 30.6 Å². The fourth-order valence-electron chi connectivity index (χ4n) is 1.68. The molecule has 0 fully saturated rings. The Hall–Kier alpha value is -2.12. The third-order valence-electron chi connectivity index (χ3n) is 2.78. The molecular formula is C13H16O7. The first-order valence-electron chi connectivity index (χ1n) is 5.74. The highest BCUT2D eigenvalue weighted by molar-refractivity contribution is 5.90. The Kier molecular flexibility index (Phi) is 5.48. The van der Waals surface area contributed by atoms with E-state index in [2.05, 4.69) is 4.74 Å². The van der Waals surface area contributed by atoms with E-state index in [1.54, 1.807) is 0 Å². The third-order valence-corrected chi connectivity index (χ3v) is 2.78. The zero-order valence-electron chi connectivity index (χ0n) is 11.1. The maximum absolute atomic E-state index is 11.2. The van der Waals surface area contributed by atoms with Crippen LogP contribution in [0.5, 0.6) is 5.75 Å². The zero-order chi connectivity index (χ0) is 15.3. The molecule has 0 saturated carbocycles. The largest absolute Gasteiger partial charge is 0.497 e. The second kappa shape index (κ2) is 6.88. The van der Waals surface area contributed by atoms with Crippen LogP contribution < -0.4 is 4.74 Å². The van der Waals surface area contributed by atoms with Crippen molar-refractivity contribution in [2.24, 2.45) is 0 Å². The van der Waals surface area contributed by atoms with E-state index >= 15 is 0 Å². The summed E-state index contributed by atoms with van der Waals surface area (Å²) in [5.41, 5.74) is -0.213. The lowest BCUT2D eigenvalue weighted by molar-refractivity contribution is -0.144. The van der Waals surface area contributed by atoms with Gasteiger partial charge in [0.05, 0.1) is 32.3 Å². The predicted molar refractivity (Wildman–Crippen MR) is 67.6 cm³/mol. The molecule has 1 aromatic rings. The first kappa shape index (κ1) is 15.9. The fourth-order valence-corrected chi connectivity index (χ4v) is 1.68. The number of aliphatic hydroxyl groups excluding tert-OH is 2. The summed E-state index contributed by atoms with van der Waals surface area (Å²) in [7, 11) is 2.53. The number of carboxylic acid groups (broad SMARTS) is 1. The van der Waals surface area contributed by atoms with Crippen LogP contribution in [0.25, 0.3) is 0 Å². The minimum Gasteiger partial charge on any atom is -0.497 e. The van der Waals surface area contributed by atoms with Crippen LogP contribution in [0.15, 0.2) is 18.2 Å². The summed E-state index contributed by atoms with van der Waals surface area (Å²) >= 11 is 0. The lowest BCUT2D eigenvalue weighted by Gasteiger charge is -2.19. The summed E-state index contributed by atoms with van der Waals surface area (Å²) in [5.74, 6) is -1.68. The molecule has 7 heteroatoms. The van der Waals surface area contributed by atoms with Gasteiger partial charge < -0.3 is 24.8 Å². The molecule has 3 N–H and O–H groups in total. The van der Waals surface area contributed by atoms with Crippen LogP contribution in [0, 0.1) is 0 Å². The van der Waals surface area contributed by atoms with Crippen molar-refractivity contribution >= 4 is 11.9 Å². The Morgan fingerprint density at radius 3 is 2.40 bits per heavy atom. The van der Waals surface area contributed by atoms with Crippen LogP contribution in [0.2, 0.25) is 0 Å². The van der Waals surface area contributed by atoms with Gasteiger partial charge in [-0.25, -0.2) is 4.79 Å². The Labute approximate surface area is 115 Å². The highest BCUT2D eigenvalue weighted by Crippen LogP contribution is 2.26. The number of aliphatic hydroxyl groups is 2. The molecule has 1 aromatic carbocycles. The number of methoxy groups -OCH3 is 2. The van der Waals surface area contributed by atoms with Crippen molar-refractivity contribution in [2.75, 3.05) is 14.2 Å². The molecule has 110 valence electrons. The van der Waals surface area contributed by atoms with Crippen LogP contribution in [0.1, 0.15) is 28.4 Å². The van der Waals surface area contributed by atoms with Gasteiger partial charge in [-0.1, -0.05) is 6.07 Å². The molecule has 0 amide bonds. The minimum absolute atomic E-state index is 0.00490. The van der Waals surface area contributed by atoms with Gasteiger partial charge in [0.25, 0.3) is 0 Å². The summed E-state index contributed by atoms with van der Waals surface area (Å²) < 4.78 is 9.28. The molecule has 0 aliphatic rings. The fraction of sp³-hybridized carbons (Fsp3) is 0.385. The number of hydrogen-bond donors (Lipinski definition) is 3. The molecule has 0 bridgehead atoms. The van der Waals surface area contributed by atoms with Crippen LogP contribution in [-0.2, 0) is 9.53 Å². The van der Waals surface area contributed by atoms with Crippen LogP contribution >= 0.6 is 0 Å². The van der Waals surface area contributed by atoms with Crippen molar-refractivity contribution < 1.29 is 34.4 Å². The molecular weight excluding hydrogens is 268 g/mol. The minimum atomic E-state index is -1.52. The standard InChI is InChI=1S/C13H16O7/c1-19-7-3-4-8(9(5-7)13(17)18)12(16)10(14)6-11(15)20-2/h3-5,10,12,14,16H,6H2,1-2H3,(H,17,18). The van der Waals surface area contributed by atoms with Crippen molar-refractivity contribution in [1.82, 2.24) is 0 Å². The molecule has 0 aromatic heterocycles. The Bertz CT molecular complexity index is 497. The third kappa shape index (κ3) is 3.69. The Morgan fingerprint density at radius 2 is 1.90 bits per heavy atom. The second-order valence-corrected chi connectivity index (χ2v) is 4.05. The molecule has 0 spiro atoms. The number of hydrogen-bond acceptors (Lipinski definition) is 6.